The van der Waals surface area contributed by atoms with Gasteiger partial charge >= 0.3 is 0 Å². The Balaban J connectivity index is 2.80. The normalized spacial score (nSPS) is 10.7. The van der Waals surface area contributed by atoms with Crippen molar-refractivity contribution >= 4 is 28.3 Å². The molecule has 0 atom stereocenters. The minimum atomic E-state index is -0.466. The van der Waals surface area contributed by atoms with Gasteiger partial charge in [-0.1, -0.05) is 11.6 Å². The lowest BCUT2D eigenvalue weighted by molar-refractivity contribution is -0.383. The molecule has 0 aliphatic carbocycles. The van der Waals surface area contributed by atoms with Gasteiger partial charge in [0.1, 0.15) is 5.65 Å². The number of hydrogen-bond donors (Lipinski definition) is 1. The van der Waals surface area contributed by atoms with Gasteiger partial charge in [-0.25, -0.2) is 4.98 Å². The molecule has 0 aliphatic heterocycles. The number of rotatable bonds is 1. The van der Waals surface area contributed by atoms with E-state index in [0.717, 1.165) is 0 Å². The van der Waals surface area contributed by atoms with Gasteiger partial charge in [0, 0.05) is 0 Å². The molecule has 2 aromatic rings. The molecular formula is C8H6ClN3O2. The minimum absolute atomic E-state index is 0.00519. The van der Waals surface area contributed by atoms with E-state index in [0.29, 0.717) is 21.7 Å². The molecule has 0 amide bonds. The largest absolute Gasteiger partial charge is 0.340 e. The Bertz CT molecular complexity index is 521. The number of fused-ring (bicyclic) bond motifs is 1. The Kier molecular flexibility index (Phi) is 1.89. The number of aromatic nitrogens is 2. The zero-order valence-electron chi connectivity index (χ0n) is 7.24. The molecule has 72 valence electrons. The molecular weight excluding hydrogens is 206 g/mol. The van der Waals surface area contributed by atoms with Crippen LogP contribution in [0.2, 0.25) is 5.02 Å². The number of aromatic amines is 1. The lowest BCUT2D eigenvalue weighted by Crippen LogP contribution is -1.87. The fourth-order valence-electron chi connectivity index (χ4n) is 1.25. The maximum atomic E-state index is 10.6. The maximum Gasteiger partial charge on any atom is 0.296 e. The summed E-state index contributed by atoms with van der Waals surface area (Å²) in [6, 6.07) is 1.55. The van der Waals surface area contributed by atoms with E-state index in [9.17, 15) is 10.1 Å². The average Bonchev–Trinajstić information content (AvgIpc) is 2.48. The first-order chi connectivity index (χ1) is 6.59. The third-order valence-electron chi connectivity index (χ3n) is 1.97. The van der Waals surface area contributed by atoms with E-state index in [-0.39, 0.29) is 5.69 Å². The fourth-order valence-corrected chi connectivity index (χ4v) is 1.40. The molecule has 0 radical (unpaired) electrons. The van der Waals surface area contributed by atoms with E-state index in [1.54, 1.807) is 13.0 Å². The fraction of sp³-hybridized carbons (Fsp3) is 0.125. The van der Waals surface area contributed by atoms with Crippen LogP contribution in [0.5, 0.6) is 0 Å². The van der Waals surface area contributed by atoms with E-state index in [2.05, 4.69) is 9.97 Å². The highest BCUT2D eigenvalue weighted by molar-refractivity contribution is 6.31. The maximum absolute atomic E-state index is 10.6. The molecule has 0 saturated carbocycles. The topological polar surface area (TPSA) is 71.8 Å². The number of nitrogens with zero attached hydrogens (tertiary/aromatic N) is 2. The molecule has 0 aromatic carbocycles. The van der Waals surface area contributed by atoms with Crippen molar-refractivity contribution < 1.29 is 4.92 Å². The standard InChI is InChI=1S/C8H6ClN3O2/c1-4-6(9)2-5-7(12(13)14)3-10-8(5)11-4/h2-3H,1H3,(H,10,11). The Morgan fingerprint density at radius 3 is 3.00 bits per heavy atom. The summed E-state index contributed by atoms with van der Waals surface area (Å²) in [7, 11) is 0. The molecule has 0 fully saturated rings. The van der Waals surface area contributed by atoms with Crippen molar-refractivity contribution in [3.05, 3.63) is 33.1 Å². The first-order valence-corrected chi connectivity index (χ1v) is 4.26. The molecule has 0 spiro atoms. The summed E-state index contributed by atoms with van der Waals surface area (Å²) in [6.07, 6.45) is 1.31. The highest BCUT2D eigenvalue weighted by atomic mass is 35.5. The third kappa shape index (κ3) is 1.22. The molecule has 0 unspecified atom stereocenters. The first kappa shape index (κ1) is 8.96. The summed E-state index contributed by atoms with van der Waals surface area (Å²) >= 11 is 5.82. The average molecular weight is 212 g/mol. The van der Waals surface area contributed by atoms with Gasteiger partial charge in [-0.05, 0) is 13.0 Å². The molecule has 1 N–H and O–H groups in total. The molecule has 0 aliphatic rings. The number of hydrogen-bond acceptors (Lipinski definition) is 3. The Hall–Kier alpha value is -1.62. The summed E-state index contributed by atoms with van der Waals surface area (Å²) in [6.45, 7) is 1.74. The summed E-state index contributed by atoms with van der Waals surface area (Å²) in [4.78, 5) is 16.9. The van der Waals surface area contributed by atoms with E-state index in [4.69, 9.17) is 11.6 Å². The van der Waals surface area contributed by atoms with Crippen molar-refractivity contribution in [3.63, 3.8) is 0 Å². The van der Waals surface area contributed by atoms with Crippen molar-refractivity contribution in [3.8, 4) is 0 Å². The van der Waals surface area contributed by atoms with E-state index in [1.165, 1.54) is 6.20 Å². The summed E-state index contributed by atoms with van der Waals surface area (Å²) in [5.41, 5.74) is 1.13. The predicted molar refractivity (Wildman–Crippen MR) is 52.5 cm³/mol. The highest BCUT2D eigenvalue weighted by Crippen LogP contribution is 2.27. The second-order valence-corrected chi connectivity index (χ2v) is 3.29. The monoisotopic (exact) mass is 211 g/mol. The van der Waals surface area contributed by atoms with Gasteiger partial charge in [0.2, 0.25) is 0 Å². The quantitative estimate of drug-likeness (QED) is 0.582. The molecule has 2 aromatic heterocycles. The van der Waals surface area contributed by atoms with Crippen LogP contribution in [0.3, 0.4) is 0 Å². The van der Waals surface area contributed by atoms with Crippen LogP contribution in [-0.4, -0.2) is 14.9 Å². The third-order valence-corrected chi connectivity index (χ3v) is 2.35. The second-order valence-electron chi connectivity index (χ2n) is 2.88. The molecule has 2 rings (SSSR count). The number of halogens is 1. The molecule has 0 saturated heterocycles. The van der Waals surface area contributed by atoms with Crippen molar-refractivity contribution in [1.29, 1.82) is 0 Å². The number of pyridine rings is 1. The van der Waals surface area contributed by atoms with Gasteiger partial charge in [-0.15, -0.1) is 0 Å². The smallest absolute Gasteiger partial charge is 0.296 e. The molecule has 0 bridgehead atoms. The first-order valence-electron chi connectivity index (χ1n) is 3.88. The van der Waals surface area contributed by atoms with Crippen LogP contribution >= 0.6 is 11.6 Å². The van der Waals surface area contributed by atoms with Gasteiger partial charge in [0.15, 0.2) is 0 Å². The van der Waals surface area contributed by atoms with Gasteiger partial charge in [-0.2, -0.15) is 0 Å². The van der Waals surface area contributed by atoms with Crippen LogP contribution < -0.4 is 0 Å². The van der Waals surface area contributed by atoms with Crippen LogP contribution in [0.4, 0.5) is 5.69 Å². The Morgan fingerprint density at radius 2 is 2.36 bits per heavy atom. The van der Waals surface area contributed by atoms with Gasteiger partial charge in [0.05, 0.1) is 27.2 Å². The molecule has 5 nitrogen and oxygen atoms in total. The van der Waals surface area contributed by atoms with Crippen LogP contribution in [0, 0.1) is 17.0 Å². The van der Waals surface area contributed by atoms with Gasteiger partial charge in [0.25, 0.3) is 5.69 Å². The Labute approximate surface area is 83.9 Å². The van der Waals surface area contributed by atoms with Crippen LogP contribution in [0.25, 0.3) is 11.0 Å². The van der Waals surface area contributed by atoms with E-state index >= 15 is 0 Å². The van der Waals surface area contributed by atoms with Crippen molar-refractivity contribution in [2.45, 2.75) is 6.92 Å². The SMILES string of the molecule is Cc1nc2[nH]cc([N+](=O)[O-])c2cc1Cl. The molecule has 14 heavy (non-hydrogen) atoms. The van der Waals surface area contributed by atoms with E-state index in [1.807, 2.05) is 0 Å². The van der Waals surface area contributed by atoms with Gasteiger partial charge < -0.3 is 4.98 Å². The second kappa shape index (κ2) is 2.95. The number of nitrogens with one attached hydrogen (secondary N) is 1. The van der Waals surface area contributed by atoms with Crippen LogP contribution in [0.1, 0.15) is 5.69 Å². The zero-order chi connectivity index (χ0) is 10.3. The Morgan fingerprint density at radius 1 is 1.64 bits per heavy atom. The van der Waals surface area contributed by atoms with Crippen LogP contribution in [-0.2, 0) is 0 Å². The lowest BCUT2D eigenvalue weighted by Gasteiger charge is -1.95. The van der Waals surface area contributed by atoms with Crippen molar-refractivity contribution in [1.82, 2.24) is 9.97 Å². The minimum Gasteiger partial charge on any atom is -0.340 e. The van der Waals surface area contributed by atoms with Crippen molar-refractivity contribution in [2.75, 3.05) is 0 Å². The lowest BCUT2D eigenvalue weighted by atomic mass is 10.3. The molecule has 2 heterocycles. The van der Waals surface area contributed by atoms with Crippen LogP contribution in [0.15, 0.2) is 12.3 Å². The van der Waals surface area contributed by atoms with Crippen molar-refractivity contribution in [2.24, 2.45) is 0 Å². The number of aryl methyl sites for hydroxylation is 1. The molecule has 6 heteroatoms. The summed E-state index contributed by atoms with van der Waals surface area (Å²) in [5.74, 6) is 0. The highest BCUT2D eigenvalue weighted by Gasteiger charge is 2.15. The van der Waals surface area contributed by atoms with Gasteiger partial charge in [-0.3, -0.25) is 10.1 Å². The summed E-state index contributed by atoms with van der Waals surface area (Å²) < 4.78 is 0. The van der Waals surface area contributed by atoms with E-state index < -0.39 is 4.92 Å². The predicted octanol–water partition coefficient (Wildman–Crippen LogP) is 2.43. The zero-order valence-corrected chi connectivity index (χ0v) is 8.00. The number of nitro groups is 1. The summed E-state index contributed by atoms with van der Waals surface area (Å²) in [5, 5.41) is 11.5. The number of H-pyrrole nitrogens is 1.